The van der Waals surface area contributed by atoms with Crippen LogP contribution < -0.4 is 0 Å². The number of benzene rings is 1. The zero-order valence-electron chi connectivity index (χ0n) is 14.9. The maximum atomic E-state index is 14.5. The first-order chi connectivity index (χ1) is 11.9. The highest BCUT2D eigenvalue weighted by Gasteiger charge is 2.41. The number of hydrogen-bond acceptors (Lipinski definition) is 4. The third-order valence-corrected chi connectivity index (χ3v) is 4.69. The number of nitrogens with zero attached hydrogens (tertiary/aromatic N) is 4. The largest absolute Gasteiger partial charge is 0.337 e. The molecule has 0 aliphatic carbocycles. The van der Waals surface area contributed by atoms with Gasteiger partial charge in [-0.15, -0.1) is 0 Å². The molecule has 6 heteroatoms. The summed E-state index contributed by atoms with van der Waals surface area (Å²) in [5.41, 5.74) is 1.63. The fourth-order valence-electron chi connectivity index (χ4n) is 3.16. The van der Waals surface area contributed by atoms with Crippen molar-refractivity contribution in [1.82, 2.24) is 19.8 Å². The molecule has 1 fully saturated rings. The number of hydrogen-bond donors (Lipinski definition) is 0. The van der Waals surface area contributed by atoms with Gasteiger partial charge in [0, 0.05) is 36.5 Å². The third kappa shape index (κ3) is 3.85. The third-order valence-electron chi connectivity index (χ3n) is 4.69. The van der Waals surface area contributed by atoms with Crippen molar-refractivity contribution in [3.05, 3.63) is 48.3 Å². The lowest BCUT2D eigenvalue weighted by atomic mass is 9.78. The van der Waals surface area contributed by atoms with E-state index in [4.69, 9.17) is 0 Å². The van der Waals surface area contributed by atoms with Gasteiger partial charge in [-0.05, 0) is 44.8 Å². The Kier molecular flexibility index (Phi) is 4.81. The molecule has 1 aliphatic heterocycles. The van der Waals surface area contributed by atoms with Gasteiger partial charge in [0.05, 0.1) is 5.56 Å². The molecule has 0 atom stereocenters. The van der Waals surface area contributed by atoms with E-state index in [1.807, 2.05) is 14.1 Å². The Labute approximate surface area is 147 Å². The van der Waals surface area contributed by atoms with Gasteiger partial charge in [0.25, 0.3) is 5.91 Å². The Morgan fingerprint density at radius 3 is 2.52 bits per heavy atom. The van der Waals surface area contributed by atoms with Gasteiger partial charge in [-0.2, -0.15) is 0 Å². The minimum Gasteiger partial charge on any atom is -0.337 e. The summed E-state index contributed by atoms with van der Waals surface area (Å²) in [5.74, 6) is -0.746. The molecule has 3 rings (SSSR count). The lowest BCUT2D eigenvalue weighted by Gasteiger charge is -2.48. The number of aromatic nitrogens is 2. The van der Waals surface area contributed by atoms with Crippen LogP contribution in [-0.4, -0.2) is 59.4 Å². The standard InChI is InChI=1S/C19H23FN4O/c1-19(6-7-23(2)3)11-24(12-19)18(25)16-5-4-14(8-17(16)20)15-9-21-13-22-10-15/h4-5,8-10,13H,6-7,11-12H2,1-3H3. The Balaban J connectivity index is 1.68. The topological polar surface area (TPSA) is 49.3 Å². The maximum Gasteiger partial charge on any atom is 0.256 e. The average Bonchev–Trinajstić information content (AvgIpc) is 2.57. The molecule has 5 nitrogen and oxygen atoms in total. The summed E-state index contributed by atoms with van der Waals surface area (Å²) in [4.78, 5) is 24.3. The van der Waals surface area contributed by atoms with Crippen LogP contribution in [0.1, 0.15) is 23.7 Å². The molecule has 1 amide bonds. The molecule has 1 aliphatic rings. The summed E-state index contributed by atoms with van der Waals surface area (Å²) < 4.78 is 14.5. The molecule has 0 saturated carbocycles. The Morgan fingerprint density at radius 2 is 1.92 bits per heavy atom. The van der Waals surface area contributed by atoms with Crippen molar-refractivity contribution in [3.8, 4) is 11.1 Å². The van der Waals surface area contributed by atoms with Crippen molar-refractivity contribution in [2.75, 3.05) is 33.7 Å². The molecule has 0 bridgehead atoms. The van der Waals surface area contributed by atoms with Gasteiger partial charge < -0.3 is 9.80 Å². The second-order valence-electron chi connectivity index (χ2n) is 7.35. The predicted molar refractivity (Wildman–Crippen MR) is 94.6 cm³/mol. The SMILES string of the molecule is CN(C)CCC1(C)CN(C(=O)c2ccc(-c3cncnc3)cc2F)C1. The molecule has 0 N–H and O–H groups in total. The summed E-state index contributed by atoms with van der Waals surface area (Å²) in [6.45, 7) is 4.51. The van der Waals surface area contributed by atoms with Gasteiger partial charge in [0.15, 0.2) is 0 Å². The van der Waals surface area contributed by atoms with E-state index in [1.54, 1.807) is 29.4 Å². The Morgan fingerprint density at radius 1 is 1.24 bits per heavy atom. The van der Waals surface area contributed by atoms with Crippen LogP contribution in [-0.2, 0) is 0 Å². The number of halogens is 1. The van der Waals surface area contributed by atoms with E-state index < -0.39 is 5.82 Å². The molecule has 0 radical (unpaired) electrons. The zero-order valence-corrected chi connectivity index (χ0v) is 14.9. The van der Waals surface area contributed by atoms with Crippen molar-refractivity contribution in [2.45, 2.75) is 13.3 Å². The summed E-state index contributed by atoms with van der Waals surface area (Å²) in [7, 11) is 4.08. The van der Waals surface area contributed by atoms with Gasteiger partial charge in [-0.1, -0.05) is 13.0 Å². The average molecular weight is 342 g/mol. The first kappa shape index (κ1) is 17.5. The maximum absolute atomic E-state index is 14.5. The second kappa shape index (κ2) is 6.88. The van der Waals surface area contributed by atoms with Crippen LogP contribution in [0.25, 0.3) is 11.1 Å². The normalized spacial score (nSPS) is 16.0. The van der Waals surface area contributed by atoms with E-state index >= 15 is 0 Å². The predicted octanol–water partition coefficient (Wildman–Crippen LogP) is 2.70. The second-order valence-corrected chi connectivity index (χ2v) is 7.35. The first-order valence-electron chi connectivity index (χ1n) is 8.37. The molecule has 0 spiro atoms. The number of amides is 1. The fraction of sp³-hybridized carbons (Fsp3) is 0.421. The number of rotatable bonds is 5. The number of likely N-dealkylation sites (tertiary alicyclic amines) is 1. The Hall–Kier alpha value is -2.34. The molecule has 1 aromatic heterocycles. The first-order valence-corrected chi connectivity index (χ1v) is 8.37. The summed E-state index contributed by atoms with van der Waals surface area (Å²) in [5, 5.41) is 0. The smallest absolute Gasteiger partial charge is 0.256 e. The van der Waals surface area contributed by atoms with Crippen LogP contribution in [0.4, 0.5) is 4.39 Å². The van der Waals surface area contributed by atoms with Crippen molar-refractivity contribution in [1.29, 1.82) is 0 Å². The zero-order chi connectivity index (χ0) is 18.0. The van der Waals surface area contributed by atoms with Gasteiger partial charge in [0.2, 0.25) is 0 Å². The van der Waals surface area contributed by atoms with E-state index in [0.717, 1.165) is 18.5 Å². The van der Waals surface area contributed by atoms with Crippen LogP contribution in [0.15, 0.2) is 36.9 Å². The summed E-state index contributed by atoms with van der Waals surface area (Å²) >= 11 is 0. The summed E-state index contributed by atoms with van der Waals surface area (Å²) in [6, 6.07) is 4.66. The molecule has 0 unspecified atom stereocenters. The molecule has 132 valence electrons. The van der Waals surface area contributed by atoms with Gasteiger partial charge in [0.1, 0.15) is 12.1 Å². The van der Waals surface area contributed by atoms with E-state index in [-0.39, 0.29) is 16.9 Å². The highest BCUT2D eigenvalue weighted by molar-refractivity contribution is 5.95. The molecule has 2 aromatic rings. The van der Waals surface area contributed by atoms with Crippen LogP contribution in [0.3, 0.4) is 0 Å². The summed E-state index contributed by atoms with van der Waals surface area (Å²) in [6.07, 6.45) is 5.69. The lowest BCUT2D eigenvalue weighted by molar-refractivity contribution is 0.00775. The van der Waals surface area contributed by atoms with Gasteiger partial charge in [-0.3, -0.25) is 4.79 Å². The van der Waals surface area contributed by atoms with Crippen LogP contribution in [0.2, 0.25) is 0 Å². The van der Waals surface area contributed by atoms with Crippen LogP contribution in [0.5, 0.6) is 0 Å². The van der Waals surface area contributed by atoms with E-state index in [9.17, 15) is 9.18 Å². The van der Waals surface area contributed by atoms with E-state index in [2.05, 4.69) is 21.8 Å². The van der Waals surface area contributed by atoms with E-state index in [1.165, 1.54) is 12.4 Å². The van der Waals surface area contributed by atoms with Crippen molar-refractivity contribution < 1.29 is 9.18 Å². The molecule has 1 aromatic carbocycles. The minimum absolute atomic E-state index is 0.121. The highest BCUT2D eigenvalue weighted by Crippen LogP contribution is 2.35. The van der Waals surface area contributed by atoms with Crippen molar-refractivity contribution in [3.63, 3.8) is 0 Å². The molecule has 2 heterocycles. The van der Waals surface area contributed by atoms with Crippen molar-refractivity contribution >= 4 is 5.91 Å². The lowest BCUT2D eigenvalue weighted by Crippen LogP contribution is -2.57. The molecular weight excluding hydrogens is 319 g/mol. The van der Waals surface area contributed by atoms with Gasteiger partial charge in [-0.25, -0.2) is 14.4 Å². The number of carbonyl (C=O) groups excluding carboxylic acids is 1. The Bertz CT molecular complexity index is 757. The number of carbonyl (C=O) groups is 1. The molecular formula is C19H23FN4O. The monoisotopic (exact) mass is 342 g/mol. The van der Waals surface area contributed by atoms with Gasteiger partial charge >= 0.3 is 0 Å². The molecule has 1 saturated heterocycles. The van der Waals surface area contributed by atoms with Crippen LogP contribution in [0, 0.1) is 11.2 Å². The highest BCUT2D eigenvalue weighted by atomic mass is 19.1. The fourth-order valence-corrected chi connectivity index (χ4v) is 3.16. The minimum atomic E-state index is -0.506. The van der Waals surface area contributed by atoms with Crippen LogP contribution >= 0.6 is 0 Å². The quantitative estimate of drug-likeness (QED) is 0.838. The van der Waals surface area contributed by atoms with Crippen molar-refractivity contribution in [2.24, 2.45) is 5.41 Å². The molecule has 25 heavy (non-hydrogen) atoms. The van der Waals surface area contributed by atoms with E-state index in [0.29, 0.717) is 18.7 Å².